The highest BCUT2D eigenvalue weighted by Gasteiger charge is 2.25. The summed E-state index contributed by atoms with van der Waals surface area (Å²) in [6.07, 6.45) is 1.76. The fourth-order valence-electron chi connectivity index (χ4n) is 3.69. The van der Waals surface area contributed by atoms with E-state index in [0.29, 0.717) is 43.1 Å². The number of para-hydroxylation sites is 1. The van der Waals surface area contributed by atoms with Gasteiger partial charge in [-0.3, -0.25) is 4.79 Å². The number of rotatable bonds is 3. The number of carbonyl (C=O) groups excluding carboxylic acids is 1. The van der Waals surface area contributed by atoms with Gasteiger partial charge in [0.15, 0.2) is 5.65 Å². The molecule has 6 nitrogen and oxygen atoms in total. The highest BCUT2D eigenvalue weighted by molar-refractivity contribution is 5.98. The average Bonchev–Trinajstić information content (AvgIpc) is 3.10. The quantitative estimate of drug-likeness (QED) is 0.698. The Labute approximate surface area is 163 Å². The lowest BCUT2D eigenvalue weighted by atomic mass is 10.1. The molecule has 0 aliphatic carbocycles. The summed E-state index contributed by atoms with van der Waals surface area (Å²) < 4.78 is 15.9. The number of pyridine rings is 1. The highest BCUT2D eigenvalue weighted by atomic mass is 19.1. The minimum Gasteiger partial charge on any atom is -0.366 e. The van der Waals surface area contributed by atoms with Gasteiger partial charge in [-0.15, -0.1) is 0 Å². The maximum absolute atomic E-state index is 14.0. The lowest BCUT2D eigenvalue weighted by Gasteiger charge is -2.36. The summed E-state index contributed by atoms with van der Waals surface area (Å²) in [6.45, 7) is 8.28. The molecule has 2 aromatic heterocycles. The van der Waals surface area contributed by atoms with E-state index in [1.807, 2.05) is 33.5 Å². The molecule has 3 heterocycles. The summed E-state index contributed by atoms with van der Waals surface area (Å²) in [4.78, 5) is 21.5. The van der Waals surface area contributed by atoms with Crippen LogP contribution >= 0.6 is 0 Å². The summed E-state index contributed by atoms with van der Waals surface area (Å²) >= 11 is 0. The second-order valence-electron chi connectivity index (χ2n) is 7.45. The maximum Gasteiger partial charge on any atom is 0.255 e. The van der Waals surface area contributed by atoms with Gasteiger partial charge >= 0.3 is 0 Å². The molecule has 0 unspecified atom stereocenters. The molecule has 4 rings (SSSR count). The predicted molar refractivity (Wildman–Crippen MR) is 107 cm³/mol. The molecule has 146 valence electrons. The van der Waals surface area contributed by atoms with E-state index in [0.717, 1.165) is 11.0 Å². The smallest absolute Gasteiger partial charge is 0.255 e. The number of aryl methyl sites for hydroxylation is 1. The number of carbonyl (C=O) groups is 1. The van der Waals surface area contributed by atoms with E-state index in [2.05, 4.69) is 23.9 Å². The van der Waals surface area contributed by atoms with Crippen LogP contribution in [-0.4, -0.2) is 51.8 Å². The van der Waals surface area contributed by atoms with E-state index in [1.165, 1.54) is 6.07 Å². The number of amides is 1. The zero-order valence-corrected chi connectivity index (χ0v) is 16.4. The fourth-order valence-corrected chi connectivity index (χ4v) is 3.69. The molecule has 0 atom stereocenters. The van der Waals surface area contributed by atoms with Crippen molar-refractivity contribution in [1.29, 1.82) is 0 Å². The standard InChI is InChI=1S/C21H24FN5O/c1-14(2)27-20-16(13-23-27)12-17(15(3)24-20)21(28)26-10-8-25(9-11-26)19-7-5-4-6-18(19)22/h4-7,12-14H,8-11H2,1-3H3. The minimum atomic E-state index is -0.227. The first-order valence-electron chi connectivity index (χ1n) is 9.59. The molecule has 0 spiro atoms. The van der Waals surface area contributed by atoms with Crippen molar-refractivity contribution in [3.05, 3.63) is 53.6 Å². The Morgan fingerprint density at radius 3 is 2.54 bits per heavy atom. The molecular formula is C21H24FN5O. The Balaban J connectivity index is 1.53. The zero-order valence-electron chi connectivity index (χ0n) is 16.4. The van der Waals surface area contributed by atoms with Crippen LogP contribution in [0.25, 0.3) is 11.0 Å². The molecule has 1 amide bonds. The fraction of sp³-hybridized carbons (Fsp3) is 0.381. The van der Waals surface area contributed by atoms with Gasteiger partial charge in [0, 0.05) is 37.6 Å². The summed E-state index contributed by atoms with van der Waals surface area (Å²) in [6, 6.07) is 8.85. The Morgan fingerprint density at radius 2 is 1.86 bits per heavy atom. The topological polar surface area (TPSA) is 54.3 Å². The normalized spacial score (nSPS) is 14.9. The zero-order chi connectivity index (χ0) is 19.8. The molecule has 0 saturated carbocycles. The second kappa shape index (κ2) is 7.22. The van der Waals surface area contributed by atoms with Gasteiger partial charge in [0.1, 0.15) is 5.82 Å². The van der Waals surface area contributed by atoms with Crippen LogP contribution in [0, 0.1) is 12.7 Å². The molecule has 1 fully saturated rings. The van der Waals surface area contributed by atoms with E-state index >= 15 is 0 Å². The Hall–Kier alpha value is -2.96. The number of nitrogens with zero attached hydrogens (tertiary/aromatic N) is 5. The monoisotopic (exact) mass is 381 g/mol. The van der Waals surface area contributed by atoms with E-state index in [9.17, 15) is 9.18 Å². The molecule has 1 aliphatic rings. The summed E-state index contributed by atoms with van der Waals surface area (Å²) in [7, 11) is 0. The van der Waals surface area contributed by atoms with Crippen molar-refractivity contribution in [3.8, 4) is 0 Å². The van der Waals surface area contributed by atoms with E-state index in [-0.39, 0.29) is 17.8 Å². The van der Waals surface area contributed by atoms with Crippen LogP contribution < -0.4 is 4.90 Å². The van der Waals surface area contributed by atoms with Crippen LogP contribution in [0.4, 0.5) is 10.1 Å². The van der Waals surface area contributed by atoms with Crippen LogP contribution in [0.5, 0.6) is 0 Å². The number of halogens is 1. The van der Waals surface area contributed by atoms with E-state index < -0.39 is 0 Å². The van der Waals surface area contributed by atoms with Gasteiger partial charge in [-0.2, -0.15) is 5.10 Å². The van der Waals surface area contributed by atoms with Crippen LogP contribution in [0.15, 0.2) is 36.5 Å². The van der Waals surface area contributed by atoms with Crippen molar-refractivity contribution in [2.45, 2.75) is 26.8 Å². The van der Waals surface area contributed by atoms with Gasteiger partial charge in [-0.1, -0.05) is 12.1 Å². The molecule has 0 N–H and O–H groups in total. The van der Waals surface area contributed by atoms with Gasteiger partial charge in [-0.25, -0.2) is 14.1 Å². The second-order valence-corrected chi connectivity index (χ2v) is 7.45. The first kappa shape index (κ1) is 18.4. The summed E-state index contributed by atoms with van der Waals surface area (Å²) in [5.74, 6) is -0.257. The maximum atomic E-state index is 14.0. The minimum absolute atomic E-state index is 0.0302. The van der Waals surface area contributed by atoms with Crippen molar-refractivity contribution in [3.63, 3.8) is 0 Å². The number of aromatic nitrogens is 3. The Bertz CT molecular complexity index is 1020. The number of hydrogen-bond acceptors (Lipinski definition) is 4. The van der Waals surface area contributed by atoms with Crippen LogP contribution in [0.1, 0.15) is 35.9 Å². The van der Waals surface area contributed by atoms with Gasteiger partial charge in [0.25, 0.3) is 5.91 Å². The third kappa shape index (κ3) is 3.21. The highest BCUT2D eigenvalue weighted by Crippen LogP contribution is 2.23. The number of anilines is 1. The number of hydrogen-bond donors (Lipinski definition) is 0. The van der Waals surface area contributed by atoms with Crippen molar-refractivity contribution in [2.24, 2.45) is 0 Å². The van der Waals surface area contributed by atoms with Gasteiger partial charge < -0.3 is 9.80 Å². The number of fused-ring (bicyclic) bond motifs is 1. The van der Waals surface area contributed by atoms with Gasteiger partial charge in [0.05, 0.1) is 23.1 Å². The van der Waals surface area contributed by atoms with Crippen molar-refractivity contribution in [1.82, 2.24) is 19.7 Å². The van der Waals surface area contributed by atoms with Crippen LogP contribution in [0.2, 0.25) is 0 Å². The Morgan fingerprint density at radius 1 is 1.14 bits per heavy atom. The van der Waals surface area contributed by atoms with E-state index in [1.54, 1.807) is 18.3 Å². The van der Waals surface area contributed by atoms with E-state index in [4.69, 9.17) is 0 Å². The van der Waals surface area contributed by atoms with Gasteiger partial charge in [0.2, 0.25) is 0 Å². The van der Waals surface area contributed by atoms with Crippen LogP contribution in [0.3, 0.4) is 0 Å². The molecule has 1 saturated heterocycles. The first-order valence-corrected chi connectivity index (χ1v) is 9.59. The lowest BCUT2D eigenvalue weighted by Crippen LogP contribution is -2.49. The van der Waals surface area contributed by atoms with Crippen molar-refractivity contribution in [2.75, 3.05) is 31.1 Å². The van der Waals surface area contributed by atoms with Gasteiger partial charge in [-0.05, 0) is 39.0 Å². The van der Waals surface area contributed by atoms with Crippen molar-refractivity contribution >= 4 is 22.6 Å². The summed E-state index contributed by atoms with van der Waals surface area (Å²) in [5, 5.41) is 5.26. The molecule has 28 heavy (non-hydrogen) atoms. The largest absolute Gasteiger partial charge is 0.366 e. The first-order chi connectivity index (χ1) is 13.5. The number of piperazine rings is 1. The molecule has 0 bridgehead atoms. The molecule has 1 aromatic carbocycles. The lowest BCUT2D eigenvalue weighted by molar-refractivity contribution is 0.0745. The van der Waals surface area contributed by atoms with Crippen LogP contribution in [-0.2, 0) is 0 Å². The molecule has 0 radical (unpaired) electrons. The number of benzene rings is 1. The molecule has 3 aromatic rings. The average molecular weight is 381 g/mol. The SMILES string of the molecule is Cc1nc2c(cnn2C(C)C)cc1C(=O)N1CCN(c2ccccc2F)CC1. The third-order valence-electron chi connectivity index (χ3n) is 5.24. The van der Waals surface area contributed by atoms with Crippen molar-refractivity contribution < 1.29 is 9.18 Å². The molecular weight excluding hydrogens is 357 g/mol. The molecule has 7 heteroatoms. The third-order valence-corrected chi connectivity index (χ3v) is 5.24. The Kier molecular flexibility index (Phi) is 4.75. The predicted octanol–water partition coefficient (Wildman–Crippen LogP) is 3.42. The molecule has 1 aliphatic heterocycles. The summed E-state index contributed by atoms with van der Waals surface area (Å²) in [5.41, 5.74) is 2.70.